The first-order chi connectivity index (χ1) is 6.11. The van der Waals surface area contributed by atoms with E-state index in [4.69, 9.17) is 10.6 Å². The van der Waals surface area contributed by atoms with E-state index in [1.165, 1.54) is 20.1 Å². The first-order valence-corrected chi connectivity index (χ1v) is 3.60. The number of azide groups is 1. The molecule has 0 aliphatic heterocycles. The van der Waals surface area contributed by atoms with E-state index in [1.807, 2.05) is 0 Å². The molecule has 6 heteroatoms. The second-order valence-electron chi connectivity index (χ2n) is 2.32. The van der Waals surface area contributed by atoms with Gasteiger partial charge in [0.25, 0.3) is 0 Å². The second kappa shape index (κ2) is 6.05. The number of rotatable bonds is 4. The van der Waals surface area contributed by atoms with Gasteiger partial charge >= 0.3 is 5.97 Å². The van der Waals surface area contributed by atoms with Crippen LogP contribution in [0.5, 0.6) is 0 Å². The minimum atomic E-state index is -0.836. The molecule has 0 aromatic carbocycles. The maximum absolute atomic E-state index is 10.6. The van der Waals surface area contributed by atoms with Gasteiger partial charge in [-0.1, -0.05) is 11.2 Å². The number of aliphatic hydroxyl groups is 1. The molecule has 0 aliphatic rings. The normalized spacial score (nSPS) is 14.7. The highest BCUT2D eigenvalue weighted by Crippen LogP contribution is 2.01. The molecule has 1 N–H and O–H groups in total. The van der Waals surface area contributed by atoms with Crippen molar-refractivity contribution in [2.45, 2.75) is 19.1 Å². The summed E-state index contributed by atoms with van der Waals surface area (Å²) in [4.78, 5) is 13.1. The van der Waals surface area contributed by atoms with Crippen molar-refractivity contribution in [3.05, 3.63) is 22.6 Å². The Labute approximate surface area is 75.4 Å². The average Bonchev–Trinajstić information content (AvgIpc) is 2.11. The summed E-state index contributed by atoms with van der Waals surface area (Å²) in [7, 11) is 1.23. The molecule has 0 radical (unpaired) electrons. The molecule has 0 bridgehead atoms. The van der Waals surface area contributed by atoms with Gasteiger partial charge in [0.1, 0.15) is 0 Å². The van der Waals surface area contributed by atoms with Crippen LogP contribution in [-0.2, 0) is 9.53 Å². The highest BCUT2D eigenvalue weighted by atomic mass is 16.5. The van der Waals surface area contributed by atoms with Gasteiger partial charge in [-0.05, 0) is 12.5 Å². The Morgan fingerprint density at radius 2 is 2.38 bits per heavy atom. The molecule has 0 rings (SSSR count). The molecule has 0 amide bonds. The van der Waals surface area contributed by atoms with Crippen LogP contribution in [-0.4, -0.2) is 30.3 Å². The summed E-state index contributed by atoms with van der Waals surface area (Å²) in [6, 6.07) is -0.746. The summed E-state index contributed by atoms with van der Waals surface area (Å²) < 4.78 is 4.32. The molecule has 0 unspecified atom stereocenters. The lowest BCUT2D eigenvalue weighted by molar-refractivity contribution is -0.134. The van der Waals surface area contributed by atoms with Crippen LogP contribution in [0.3, 0.4) is 0 Å². The van der Waals surface area contributed by atoms with Crippen molar-refractivity contribution in [2.75, 3.05) is 7.11 Å². The van der Waals surface area contributed by atoms with Gasteiger partial charge in [0.05, 0.1) is 19.3 Å². The number of hydrogen-bond acceptors (Lipinski definition) is 4. The van der Waals surface area contributed by atoms with Gasteiger partial charge in [0.2, 0.25) is 0 Å². The zero-order valence-electron chi connectivity index (χ0n) is 7.41. The topological polar surface area (TPSA) is 95.3 Å². The highest BCUT2D eigenvalue weighted by Gasteiger charge is 2.08. The van der Waals surface area contributed by atoms with E-state index in [0.717, 1.165) is 6.08 Å². The lowest BCUT2D eigenvalue weighted by Crippen LogP contribution is -2.17. The molecule has 0 saturated carbocycles. The monoisotopic (exact) mass is 185 g/mol. The van der Waals surface area contributed by atoms with Gasteiger partial charge < -0.3 is 9.84 Å². The van der Waals surface area contributed by atoms with Gasteiger partial charge in [-0.15, -0.1) is 0 Å². The zero-order valence-corrected chi connectivity index (χ0v) is 7.41. The van der Waals surface area contributed by atoms with Gasteiger partial charge in [-0.25, -0.2) is 4.79 Å². The quantitative estimate of drug-likeness (QED) is 0.230. The van der Waals surface area contributed by atoms with E-state index >= 15 is 0 Å². The fourth-order valence-electron chi connectivity index (χ4n) is 0.601. The molecule has 0 fully saturated rings. The smallest absolute Gasteiger partial charge is 0.330 e. The summed E-state index contributed by atoms with van der Waals surface area (Å²) in [5, 5.41) is 12.3. The summed E-state index contributed by atoms with van der Waals surface area (Å²) in [6.07, 6.45) is 1.55. The number of methoxy groups -OCH3 is 1. The van der Waals surface area contributed by atoms with Gasteiger partial charge in [-0.3, -0.25) is 0 Å². The Bertz CT molecular complexity index is 243. The number of aliphatic hydroxyl groups excluding tert-OH is 1. The van der Waals surface area contributed by atoms with Crippen molar-refractivity contribution < 1.29 is 14.6 Å². The van der Waals surface area contributed by atoms with E-state index in [2.05, 4.69) is 14.8 Å². The van der Waals surface area contributed by atoms with E-state index in [0.29, 0.717) is 0 Å². The molecule has 72 valence electrons. The summed E-state index contributed by atoms with van der Waals surface area (Å²) in [5.41, 5.74) is 8.11. The zero-order chi connectivity index (χ0) is 10.3. The van der Waals surface area contributed by atoms with Crippen molar-refractivity contribution in [3.8, 4) is 0 Å². The van der Waals surface area contributed by atoms with Crippen LogP contribution in [0.25, 0.3) is 10.4 Å². The molecule has 13 heavy (non-hydrogen) atoms. The molecule has 0 aromatic rings. The molecule has 0 aromatic heterocycles. The molecule has 0 spiro atoms. The minimum absolute atomic E-state index is 0.557. The number of carbonyl (C=O) groups is 1. The molecule has 6 nitrogen and oxygen atoms in total. The molecular weight excluding hydrogens is 174 g/mol. The standard InChI is InChI=1S/C7H11N3O3/c1-5(11)6(9-10-8)3-4-7(12)13-2/h3-6,11H,1-2H3/b4-3+/t5-,6+/m1/s1. The van der Waals surface area contributed by atoms with Crippen molar-refractivity contribution in [1.82, 2.24) is 0 Å². The van der Waals surface area contributed by atoms with Crippen molar-refractivity contribution in [1.29, 1.82) is 0 Å². The minimum Gasteiger partial charge on any atom is -0.466 e. The lowest BCUT2D eigenvalue weighted by atomic mass is 10.2. The highest BCUT2D eigenvalue weighted by molar-refractivity contribution is 5.81. The number of esters is 1. The van der Waals surface area contributed by atoms with Crippen LogP contribution in [0.1, 0.15) is 6.92 Å². The Morgan fingerprint density at radius 3 is 2.77 bits per heavy atom. The van der Waals surface area contributed by atoms with Crippen LogP contribution >= 0.6 is 0 Å². The largest absolute Gasteiger partial charge is 0.466 e. The fraction of sp³-hybridized carbons (Fsp3) is 0.571. The third-order valence-electron chi connectivity index (χ3n) is 1.31. The Hall–Kier alpha value is -1.52. The number of ether oxygens (including phenoxy) is 1. The van der Waals surface area contributed by atoms with Crippen LogP contribution in [0, 0.1) is 0 Å². The molecule has 0 heterocycles. The Balaban J connectivity index is 4.33. The first-order valence-electron chi connectivity index (χ1n) is 3.60. The van der Waals surface area contributed by atoms with Crippen LogP contribution in [0.15, 0.2) is 17.3 Å². The SMILES string of the molecule is COC(=O)/C=C/[C@H](N=[N+]=[N-])[C@@H](C)O. The maximum atomic E-state index is 10.6. The number of hydrogen-bond donors (Lipinski definition) is 1. The van der Waals surface area contributed by atoms with Crippen molar-refractivity contribution >= 4 is 5.97 Å². The molecule has 0 aliphatic carbocycles. The van der Waals surface area contributed by atoms with Crippen molar-refractivity contribution in [3.63, 3.8) is 0 Å². The van der Waals surface area contributed by atoms with E-state index in [1.54, 1.807) is 0 Å². The van der Waals surface area contributed by atoms with E-state index < -0.39 is 18.1 Å². The molecule has 2 atom stereocenters. The van der Waals surface area contributed by atoms with Crippen molar-refractivity contribution in [2.24, 2.45) is 5.11 Å². The number of carbonyl (C=O) groups excluding carboxylic acids is 1. The van der Waals surface area contributed by atoms with Gasteiger partial charge in [0.15, 0.2) is 0 Å². The van der Waals surface area contributed by atoms with Crippen LogP contribution < -0.4 is 0 Å². The average molecular weight is 185 g/mol. The fourth-order valence-corrected chi connectivity index (χ4v) is 0.601. The lowest BCUT2D eigenvalue weighted by Gasteiger charge is -2.07. The van der Waals surface area contributed by atoms with Crippen LogP contribution in [0.4, 0.5) is 0 Å². The second-order valence-corrected chi connectivity index (χ2v) is 2.32. The predicted octanol–water partition coefficient (Wildman–Crippen LogP) is 0.775. The third kappa shape index (κ3) is 4.84. The first kappa shape index (κ1) is 11.5. The summed E-state index contributed by atoms with van der Waals surface area (Å²) >= 11 is 0. The van der Waals surface area contributed by atoms with Crippen LogP contribution in [0.2, 0.25) is 0 Å². The Morgan fingerprint density at radius 1 is 1.77 bits per heavy atom. The van der Waals surface area contributed by atoms with Gasteiger partial charge in [0, 0.05) is 11.0 Å². The predicted molar refractivity (Wildman–Crippen MR) is 45.8 cm³/mol. The van der Waals surface area contributed by atoms with E-state index in [9.17, 15) is 4.79 Å². The number of nitrogens with zero attached hydrogens (tertiary/aromatic N) is 3. The van der Waals surface area contributed by atoms with E-state index in [-0.39, 0.29) is 0 Å². The summed E-state index contributed by atoms with van der Waals surface area (Å²) in [6.45, 7) is 1.46. The maximum Gasteiger partial charge on any atom is 0.330 e. The summed E-state index contributed by atoms with van der Waals surface area (Å²) in [5.74, 6) is -0.557. The molecule has 0 saturated heterocycles. The molecular formula is C7H11N3O3. The third-order valence-corrected chi connectivity index (χ3v) is 1.31. The Kier molecular flexibility index (Phi) is 5.34. The van der Waals surface area contributed by atoms with Gasteiger partial charge in [-0.2, -0.15) is 0 Å².